The number of rotatable bonds is 6. The smallest absolute Gasteiger partial charge is 0.295 e. The van der Waals surface area contributed by atoms with E-state index in [1.807, 2.05) is 43.3 Å². The molecule has 2 aromatic carbocycles. The van der Waals surface area contributed by atoms with Crippen molar-refractivity contribution >= 4 is 52.0 Å². The van der Waals surface area contributed by atoms with Gasteiger partial charge >= 0.3 is 0 Å². The van der Waals surface area contributed by atoms with E-state index in [0.717, 1.165) is 27.9 Å². The Labute approximate surface area is 173 Å². The normalized spacial score (nSPS) is 15.3. The van der Waals surface area contributed by atoms with Crippen molar-refractivity contribution in [2.45, 2.75) is 0 Å². The summed E-state index contributed by atoms with van der Waals surface area (Å²) in [6.07, 6.45) is 1.73. The topological polar surface area (TPSA) is 61.9 Å². The molecule has 1 fully saturated rings. The highest BCUT2D eigenvalue weighted by Crippen LogP contribution is 2.33. The third-order valence-electron chi connectivity index (χ3n) is 4.17. The molecular formula is C20H20ClN3O3S. The molecule has 0 spiro atoms. The summed E-state index contributed by atoms with van der Waals surface area (Å²) in [6, 6.07) is 12.9. The number of nitrogens with one attached hydrogen (secondary N) is 1. The number of nitrogens with zero attached hydrogens (tertiary/aromatic N) is 2. The van der Waals surface area contributed by atoms with Gasteiger partial charge < -0.3 is 15.0 Å². The molecule has 0 unspecified atom stereocenters. The number of hydrogen-bond acceptors (Lipinski definition) is 6. The Bertz CT molecular complexity index is 929. The first kappa shape index (κ1) is 20.1. The summed E-state index contributed by atoms with van der Waals surface area (Å²) < 4.78 is 5.27. The van der Waals surface area contributed by atoms with Crippen molar-refractivity contribution in [3.8, 4) is 5.75 Å². The van der Waals surface area contributed by atoms with Crippen LogP contribution in [-0.4, -0.2) is 43.9 Å². The van der Waals surface area contributed by atoms with Crippen molar-refractivity contribution in [1.29, 1.82) is 0 Å². The zero-order valence-corrected chi connectivity index (χ0v) is 17.3. The third-order valence-corrected chi connectivity index (χ3v) is 5.31. The van der Waals surface area contributed by atoms with Crippen molar-refractivity contribution in [2.75, 3.05) is 38.1 Å². The number of methoxy groups -OCH3 is 1. The van der Waals surface area contributed by atoms with E-state index in [0.29, 0.717) is 21.4 Å². The van der Waals surface area contributed by atoms with Crippen LogP contribution in [0.3, 0.4) is 0 Å². The summed E-state index contributed by atoms with van der Waals surface area (Å²) in [7, 11) is 5.46. The molecule has 1 saturated heterocycles. The lowest BCUT2D eigenvalue weighted by Gasteiger charge is -2.16. The number of carbonyl (C=O) groups is 2. The zero-order chi connectivity index (χ0) is 20.3. The maximum absolute atomic E-state index is 12.6. The first-order chi connectivity index (χ1) is 13.4. The molecule has 1 heterocycles. The number of benzene rings is 2. The van der Waals surface area contributed by atoms with Crippen LogP contribution in [0.5, 0.6) is 5.75 Å². The van der Waals surface area contributed by atoms with Crippen LogP contribution in [-0.2, 0) is 4.79 Å². The SMILES string of the molecule is COc1ccc(Cl)cc1NCN1C(=O)SC(=Cc2ccc(N(C)C)cc2)C1=O. The third kappa shape index (κ3) is 4.43. The highest BCUT2D eigenvalue weighted by atomic mass is 35.5. The molecule has 0 saturated carbocycles. The second-order valence-corrected chi connectivity index (χ2v) is 7.70. The number of anilines is 2. The molecule has 0 aromatic heterocycles. The van der Waals surface area contributed by atoms with Crippen LogP contribution in [0.1, 0.15) is 5.56 Å². The molecule has 6 nitrogen and oxygen atoms in total. The largest absolute Gasteiger partial charge is 0.495 e. The number of thioether (sulfide) groups is 1. The maximum atomic E-state index is 12.6. The molecule has 3 rings (SSSR count). The standard InChI is InChI=1S/C20H20ClN3O3S/c1-23(2)15-7-4-13(5-8-15)10-18-19(25)24(20(26)28-18)12-22-16-11-14(21)6-9-17(16)27-3/h4-11,22H,12H2,1-3H3. The van der Waals surface area contributed by atoms with Crippen LogP contribution in [0.4, 0.5) is 16.2 Å². The number of carbonyl (C=O) groups excluding carboxylic acids is 2. The van der Waals surface area contributed by atoms with Crippen LogP contribution in [0.2, 0.25) is 5.02 Å². The Morgan fingerprint density at radius 1 is 1.18 bits per heavy atom. The Morgan fingerprint density at radius 2 is 1.89 bits per heavy atom. The van der Waals surface area contributed by atoms with Crippen LogP contribution >= 0.6 is 23.4 Å². The van der Waals surface area contributed by atoms with Crippen LogP contribution in [0.15, 0.2) is 47.4 Å². The fourth-order valence-electron chi connectivity index (χ4n) is 2.64. The monoisotopic (exact) mass is 417 g/mol. The summed E-state index contributed by atoms with van der Waals surface area (Å²) >= 11 is 6.94. The first-order valence-corrected chi connectivity index (χ1v) is 9.68. The van der Waals surface area contributed by atoms with Gasteiger partial charge in [0.15, 0.2) is 0 Å². The second kappa shape index (κ2) is 8.58. The van der Waals surface area contributed by atoms with Crippen LogP contribution < -0.4 is 15.0 Å². The van der Waals surface area contributed by atoms with Crippen LogP contribution in [0, 0.1) is 0 Å². The average Bonchev–Trinajstić information content (AvgIpc) is 2.93. The molecule has 1 aliphatic rings. The number of ether oxygens (including phenoxy) is 1. The molecule has 146 valence electrons. The number of amides is 2. The molecule has 1 N–H and O–H groups in total. The minimum Gasteiger partial charge on any atom is -0.495 e. The summed E-state index contributed by atoms with van der Waals surface area (Å²) in [5.41, 5.74) is 2.53. The highest BCUT2D eigenvalue weighted by molar-refractivity contribution is 8.18. The predicted molar refractivity (Wildman–Crippen MR) is 115 cm³/mol. The van der Waals surface area contributed by atoms with Gasteiger partial charge in [0.2, 0.25) is 0 Å². The molecule has 8 heteroatoms. The summed E-state index contributed by atoms with van der Waals surface area (Å²) in [5.74, 6) is 0.244. The van der Waals surface area contributed by atoms with Gasteiger partial charge in [-0.15, -0.1) is 0 Å². The fourth-order valence-corrected chi connectivity index (χ4v) is 3.65. The fraction of sp³-hybridized carbons (Fsp3) is 0.200. The lowest BCUT2D eigenvalue weighted by molar-refractivity contribution is -0.122. The van der Waals surface area contributed by atoms with Gasteiger partial charge in [-0.25, -0.2) is 0 Å². The van der Waals surface area contributed by atoms with Gasteiger partial charge in [0.1, 0.15) is 5.75 Å². The van der Waals surface area contributed by atoms with Crippen LogP contribution in [0.25, 0.3) is 6.08 Å². The van der Waals surface area contributed by atoms with Gasteiger partial charge in [0, 0.05) is 24.8 Å². The van der Waals surface area contributed by atoms with E-state index >= 15 is 0 Å². The highest BCUT2D eigenvalue weighted by Gasteiger charge is 2.34. The predicted octanol–water partition coefficient (Wildman–Crippen LogP) is 4.52. The van der Waals surface area contributed by atoms with E-state index in [-0.39, 0.29) is 17.8 Å². The molecule has 0 aliphatic carbocycles. The summed E-state index contributed by atoms with van der Waals surface area (Å²) in [5, 5.41) is 3.24. The number of hydrogen-bond donors (Lipinski definition) is 1. The minimum atomic E-state index is -0.333. The number of halogens is 1. The Morgan fingerprint density at radius 3 is 2.54 bits per heavy atom. The van der Waals surface area contributed by atoms with Gasteiger partial charge in [-0.2, -0.15) is 0 Å². The van der Waals surface area contributed by atoms with Crippen molar-refractivity contribution in [2.24, 2.45) is 0 Å². The molecular weight excluding hydrogens is 398 g/mol. The first-order valence-electron chi connectivity index (χ1n) is 8.49. The summed E-state index contributed by atoms with van der Waals surface area (Å²) in [4.78, 5) is 28.5. The van der Waals surface area contributed by atoms with Gasteiger partial charge in [0.25, 0.3) is 11.1 Å². The molecule has 2 aromatic rings. The van der Waals surface area contributed by atoms with Gasteiger partial charge in [-0.3, -0.25) is 14.5 Å². The zero-order valence-electron chi connectivity index (χ0n) is 15.7. The Balaban J connectivity index is 1.72. The van der Waals surface area contributed by atoms with E-state index in [1.165, 1.54) is 0 Å². The molecule has 0 atom stereocenters. The lowest BCUT2D eigenvalue weighted by atomic mass is 10.2. The van der Waals surface area contributed by atoms with Crippen molar-refractivity contribution in [3.05, 3.63) is 58.0 Å². The Hall–Kier alpha value is -2.64. The molecule has 0 bridgehead atoms. The minimum absolute atomic E-state index is 0.0261. The van der Waals surface area contributed by atoms with Crippen molar-refractivity contribution < 1.29 is 14.3 Å². The van der Waals surface area contributed by atoms with E-state index in [1.54, 1.807) is 31.4 Å². The Kier molecular flexibility index (Phi) is 6.16. The van der Waals surface area contributed by atoms with Crippen molar-refractivity contribution in [1.82, 2.24) is 4.90 Å². The molecule has 0 radical (unpaired) electrons. The van der Waals surface area contributed by atoms with E-state index in [4.69, 9.17) is 16.3 Å². The lowest BCUT2D eigenvalue weighted by Crippen LogP contribution is -2.33. The average molecular weight is 418 g/mol. The summed E-state index contributed by atoms with van der Waals surface area (Å²) in [6.45, 7) is 0.0261. The van der Waals surface area contributed by atoms with E-state index in [9.17, 15) is 9.59 Å². The number of imide groups is 1. The van der Waals surface area contributed by atoms with Crippen molar-refractivity contribution in [3.63, 3.8) is 0 Å². The molecule has 1 aliphatic heterocycles. The van der Waals surface area contributed by atoms with Gasteiger partial charge in [0.05, 0.1) is 24.4 Å². The second-order valence-electron chi connectivity index (χ2n) is 6.28. The molecule has 2 amide bonds. The van der Waals surface area contributed by atoms with Gasteiger partial charge in [-0.05, 0) is 53.7 Å². The van der Waals surface area contributed by atoms with E-state index in [2.05, 4.69) is 5.32 Å². The molecule has 28 heavy (non-hydrogen) atoms. The van der Waals surface area contributed by atoms with Gasteiger partial charge in [-0.1, -0.05) is 23.7 Å². The van der Waals surface area contributed by atoms with E-state index < -0.39 is 0 Å². The quantitative estimate of drug-likeness (QED) is 0.697. The maximum Gasteiger partial charge on any atom is 0.295 e.